The molecule has 0 aromatic carbocycles. The monoisotopic (exact) mass is 259 g/mol. The van der Waals surface area contributed by atoms with Crippen LogP contribution in [0.4, 0.5) is 0 Å². The van der Waals surface area contributed by atoms with Gasteiger partial charge in [-0.15, -0.1) is 0 Å². The van der Waals surface area contributed by atoms with Crippen molar-refractivity contribution in [3.05, 3.63) is 0 Å². The number of nitrogens with zero attached hydrogens (tertiary/aromatic N) is 1. The van der Waals surface area contributed by atoms with Crippen LogP contribution in [-0.2, 0) is 19.1 Å². The zero-order valence-electron chi connectivity index (χ0n) is 10.1. The summed E-state index contributed by atoms with van der Waals surface area (Å²) >= 11 is 0. The summed E-state index contributed by atoms with van der Waals surface area (Å²) in [6, 6.07) is -1.01. The molecule has 8 nitrogen and oxygen atoms in total. The summed E-state index contributed by atoms with van der Waals surface area (Å²) in [5.41, 5.74) is 5.38. The number of carboxylic acid groups (broad SMARTS) is 1. The van der Waals surface area contributed by atoms with Crippen LogP contribution in [0.15, 0.2) is 0 Å². The Morgan fingerprint density at radius 1 is 1.67 bits per heavy atom. The maximum Gasteiger partial charge on any atom is 0.305 e. The van der Waals surface area contributed by atoms with E-state index in [1.54, 1.807) is 0 Å². The Hall–Kier alpha value is -1.67. The molecule has 0 radical (unpaired) electrons. The van der Waals surface area contributed by atoms with E-state index in [4.69, 9.17) is 15.6 Å². The van der Waals surface area contributed by atoms with Gasteiger partial charge in [-0.1, -0.05) is 0 Å². The highest BCUT2D eigenvalue weighted by Crippen LogP contribution is 2.11. The number of amides is 2. The minimum absolute atomic E-state index is 0.0206. The molecule has 0 spiro atoms. The Morgan fingerprint density at radius 3 is 2.83 bits per heavy atom. The van der Waals surface area contributed by atoms with Gasteiger partial charge in [0.2, 0.25) is 5.91 Å². The van der Waals surface area contributed by atoms with Crippen LogP contribution in [0, 0.1) is 0 Å². The minimum atomic E-state index is -1.14. The molecule has 0 aliphatic carbocycles. The first-order valence-corrected chi connectivity index (χ1v) is 5.54. The van der Waals surface area contributed by atoms with Gasteiger partial charge in [0.15, 0.2) is 0 Å². The number of nitrogens with one attached hydrogen (secondary N) is 1. The SMILES string of the molecule is COC(CN)C(=O)N1CCNC(=O)C1CC(=O)O. The maximum atomic E-state index is 12.0. The van der Waals surface area contributed by atoms with Crippen molar-refractivity contribution in [1.82, 2.24) is 10.2 Å². The molecule has 1 aliphatic rings. The largest absolute Gasteiger partial charge is 0.481 e. The fraction of sp³-hybridized carbons (Fsp3) is 0.700. The third kappa shape index (κ3) is 3.17. The first-order chi connectivity index (χ1) is 8.51. The summed E-state index contributed by atoms with van der Waals surface area (Å²) in [6.07, 6.45) is -1.29. The number of piperazine rings is 1. The number of aliphatic carboxylic acids is 1. The molecule has 0 bridgehead atoms. The number of carboxylic acids is 1. The number of hydrogen-bond donors (Lipinski definition) is 3. The van der Waals surface area contributed by atoms with Crippen molar-refractivity contribution in [2.75, 3.05) is 26.7 Å². The topological polar surface area (TPSA) is 122 Å². The molecule has 0 aromatic heterocycles. The lowest BCUT2D eigenvalue weighted by Gasteiger charge is -2.35. The number of ether oxygens (including phenoxy) is 1. The van der Waals surface area contributed by atoms with E-state index in [0.717, 1.165) is 0 Å². The molecule has 102 valence electrons. The first kappa shape index (κ1) is 14.4. The normalized spacial score (nSPS) is 21.3. The van der Waals surface area contributed by atoms with Crippen molar-refractivity contribution in [3.63, 3.8) is 0 Å². The summed E-state index contributed by atoms with van der Waals surface area (Å²) in [6.45, 7) is 0.525. The van der Waals surface area contributed by atoms with E-state index in [-0.39, 0.29) is 13.1 Å². The fourth-order valence-corrected chi connectivity index (χ4v) is 1.83. The number of rotatable bonds is 5. The molecule has 0 aromatic rings. The van der Waals surface area contributed by atoms with Crippen LogP contribution in [0.3, 0.4) is 0 Å². The second kappa shape index (κ2) is 6.31. The number of carbonyl (C=O) groups is 3. The molecule has 1 rings (SSSR count). The van der Waals surface area contributed by atoms with Crippen molar-refractivity contribution in [2.45, 2.75) is 18.6 Å². The van der Waals surface area contributed by atoms with Gasteiger partial charge in [-0.2, -0.15) is 0 Å². The minimum Gasteiger partial charge on any atom is -0.481 e. The zero-order valence-corrected chi connectivity index (χ0v) is 10.1. The highest BCUT2D eigenvalue weighted by Gasteiger charge is 2.37. The molecule has 18 heavy (non-hydrogen) atoms. The van der Waals surface area contributed by atoms with Gasteiger partial charge in [0.05, 0.1) is 6.42 Å². The van der Waals surface area contributed by atoms with Gasteiger partial charge in [-0.3, -0.25) is 14.4 Å². The molecule has 1 aliphatic heterocycles. The molecular formula is C10H17N3O5. The van der Waals surface area contributed by atoms with Crippen molar-refractivity contribution in [1.29, 1.82) is 0 Å². The Balaban J connectivity index is 2.84. The van der Waals surface area contributed by atoms with Crippen LogP contribution >= 0.6 is 0 Å². The Labute approximate surface area is 104 Å². The molecule has 4 N–H and O–H groups in total. The summed E-state index contributed by atoms with van der Waals surface area (Å²) in [4.78, 5) is 35.6. The molecule has 1 heterocycles. The van der Waals surface area contributed by atoms with E-state index in [1.165, 1.54) is 12.0 Å². The van der Waals surface area contributed by atoms with Gasteiger partial charge in [-0.05, 0) is 0 Å². The second-order valence-electron chi connectivity index (χ2n) is 3.90. The van der Waals surface area contributed by atoms with Crippen molar-refractivity contribution in [2.24, 2.45) is 5.73 Å². The lowest BCUT2D eigenvalue weighted by Crippen LogP contribution is -2.60. The molecule has 2 amide bonds. The maximum absolute atomic E-state index is 12.0. The predicted octanol–water partition coefficient (Wildman–Crippen LogP) is -2.24. The van der Waals surface area contributed by atoms with E-state index in [1.807, 2.05) is 0 Å². The Kier molecular flexibility index (Phi) is 5.05. The highest BCUT2D eigenvalue weighted by molar-refractivity contribution is 5.93. The van der Waals surface area contributed by atoms with Crippen LogP contribution in [0.25, 0.3) is 0 Å². The summed E-state index contributed by atoms with van der Waals surface area (Å²) in [5, 5.41) is 11.3. The van der Waals surface area contributed by atoms with Crippen LogP contribution in [0.1, 0.15) is 6.42 Å². The molecule has 2 atom stereocenters. The second-order valence-corrected chi connectivity index (χ2v) is 3.90. The van der Waals surface area contributed by atoms with Gasteiger partial charge < -0.3 is 25.8 Å². The van der Waals surface area contributed by atoms with E-state index in [2.05, 4.69) is 5.32 Å². The van der Waals surface area contributed by atoms with E-state index in [9.17, 15) is 14.4 Å². The summed E-state index contributed by atoms with van der Waals surface area (Å²) in [7, 11) is 1.34. The number of carbonyl (C=O) groups excluding carboxylic acids is 2. The Morgan fingerprint density at radius 2 is 2.33 bits per heavy atom. The van der Waals surface area contributed by atoms with Gasteiger partial charge >= 0.3 is 5.97 Å². The smallest absolute Gasteiger partial charge is 0.305 e. The predicted molar refractivity (Wildman–Crippen MR) is 60.6 cm³/mol. The van der Waals surface area contributed by atoms with Crippen LogP contribution in [0.2, 0.25) is 0 Å². The number of nitrogens with two attached hydrogens (primary N) is 1. The highest BCUT2D eigenvalue weighted by atomic mass is 16.5. The van der Waals surface area contributed by atoms with Gasteiger partial charge in [-0.25, -0.2) is 0 Å². The fourth-order valence-electron chi connectivity index (χ4n) is 1.83. The average Bonchev–Trinajstić information content (AvgIpc) is 2.32. The van der Waals surface area contributed by atoms with Crippen LogP contribution in [-0.4, -0.2) is 66.7 Å². The molecule has 1 saturated heterocycles. The van der Waals surface area contributed by atoms with Gasteiger partial charge in [0.1, 0.15) is 12.1 Å². The van der Waals surface area contributed by atoms with E-state index in [0.29, 0.717) is 6.54 Å². The van der Waals surface area contributed by atoms with Crippen LogP contribution < -0.4 is 11.1 Å². The summed E-state index contributed by atoms with van der Waals surface area (Å²) < 4.78 is 4.91. The van der Waals surface area contributed by atoms with Gasteiger partial charge in [0.25, 0.3) is 5.91 Å². The zero-order chi connectivity index (χ0) is 13.7. The van der Waals surface area contributed by atoms with Gasteiger partial charge in [0, 0.05) is 26.7 Å². The van der Waals surface area contributed by atoms with Crippen molar-refractivity contribution < 1.29 is 24.2 Å². The van der Waals surface area contributed by atoms with Crippen LogP contribution in [0.5, 0.6) is 0 Å². The standard InChI is InChI=1S/C10H17N3O5/c1-18-7(5-11)10(17)13-3-2-12-9(16)6(13)4-8(14)15/h6-7H,2-5,11H2,1H3,(H,12,16)(H,14,15). The van der Waals surface area contributed by atoms with E-state index < -0.39 is 36.4 Å². The van der Waals surface area contributed by atoms with Crippen molar-refractivity contribution in [3.8, 4) is 0 Å². The first-order valence-electron chi connectivity index (χ1n) is 5.54. The third-order valence-corrected chi connectivity index (χ3v) is 2.76. The van der Waals surface area contributed by atoms with Crippen molar-refractivity contribution >= 4 is 17.8 Å². The number of methoxy groups -OCH3 is 1. The lowest BCUT2D eigenvalue weighted by atomic mass is 10.1. The average molecular weight is 259 g/mol. The molecular weight excluding hydrogens is 242 g/mol. The molecule has 1 fully saturated rings. The Bertz CT molecular complexity index is 342. The molecule has 0 saturated carbocycles. The van der Waals surface area contributed by atoms with E-state index >= 15 is 0 Å². The number of hydrogen-bond acceptors (Lipinski definition) is 5. The molecule has 8 heteroatoms. The quantitative estimate of drug-likeness (QED) is 0.513. The third-order valence-electron chi connectivity index (χ3n) is 2.76. The molecule has 2 unspecified atom stereocenters. The summed E-state index contributed by atoms with van der Waals surface area (Å²) in [5.74, 6) is -2.07. The lowest BCUT2D eigenvalue weighted by molar-refractivity contribution is -0.153.